The van der Waals surface area contributed by atoms with Gasteiger partial charge in [-0.3, -0.25) is 4.72 Å². The predicted molar refractivity (Wildman–Crippen MR) is 98.2 cm³/mol. The molecule has 0 unspecified atom stereocenters. The van der Waals surface area contributed by atoms with E-state index in [0.29, 0.717) is 10.9 Å². The van der Waals surface area contributed by atoms with Crippen LogP contribution < -0.4 is 4.72 Å². The van der Waals surface area contributed by atoms with Crippen molar-refractivity contribution in [3.05, 3.63) is 59.8 Å². The number of methoxy groups -OCH3 is 2. The number of carbonyl (C=O) groups excluding carboxylic acids is 2. The Morgan fingerprint density at radius 1 is 0.926 bits per heavy atom. The summed E-state index contributed by atoms with van der Waals surface area (Å²) >= 11 is 0. The zero-order valence-corrected chi connectivity index (χ0v) is 15.3. The molecular formula is C18H16N2O6S. The molecule has 0 saturated carbocycles. The predicted octanol–water partition coefficient (Wildman–Crippen LogP) is 2.54. The van der Waals surface area contributed by atoms with Crippen LogP contribution in [-0.4, -0.2) is 39.6 Å². The highest BCUT2D eigenvalue weighted by molar-refractivity contribution is 7.92. The first-order chi connectivity index (χ1) is 12.9. The fraction of sp³-hybridized carbons (Fsp3) is 0.111. The number of para-hydroxylation sites is 1. The first-order valence-corrected chi connectivity index (χ1v) is 9.26. The standard InChI is InChI=1S/C18H16N2O6S/c1-25-17(21)12-8-4-6-10-14(12)27(23,24)20-15-11-7-3-5-9-13(11)19-16(15)18(22)26-2/h3-10,19-20H,1-2H3. The summed E-state index contributed by atoms with van der Waals surface area (Å²) in [6.07, 6.45) is 0. The molecule has 1 heterocycles. The first kappa shape index (κ1) is 18.5. The molecule has 3 aromatic rings. The molecule has 8 nitrogen and oxygen atoms in total. The van der Waals surface area contributed by atoms with Crippen LogP contribution >= 0.6 is 0 Å². The molecule has 1 aromatic heterocycles. The highest BCUT2D eigenvalue weighted by atomic mass is 32.2. The van der Waals surface area contributed by atoms with Gasteiger partial charge in [-0.1, -0.05) is 30.3 Å². The summed E-state index contributed by atoms with van der Waals surface area (Å²) in [4.78, 5) is 26.6. The third-order valence-electron chi connectivity index (χ3n) is 3.91. The number of carbonyl (C=O) groups is 2. The number of anilines is 1. The molecule has 0 atom stereocenters. The molecule has 0 radical (unpaired) electrons. The van der Waals surface area contributed by atoms with Crippen molar-refractivity contribution < 1.29 is 27.5 Å². The van der Waals surface area contributed by atoms with Crippen LogP contribution in [0.1, 0.15) is 20.8 Å². The fourth-order valence-corrected chi connectivity index (χ4v) is 3.96. The van der Waals surface area contributed by atoms with Gasteiger partial charge in [0.25, 0.3) is 10.0 Å². The third-order valence-corrected chi connectivity index (χ3v) is 5.32. The average molecular weight is 388 g/mol. The van der Waals surface area contributed by atoms with Gasteiger partial charge in [0.2, 0.25) is 0 Å². The maximum absolute atomic E-state index is 13.0. The van der Waals surface area contributed by atoms with E-state index >= 15 is 0 Å². The topological polar surface area (TPSA) is 115 Å². The van der Waals surface area contributed by atoms with E-state index < -0.39 is 22.0 Å². The zero-order valence-electron chi connectivity index (χ0n) is 14.5. The largest absolute Gasteiger partial charge is 0.465 e. The van der Waals surface area contributed by atoms with E-state index in [1.165, 1.54) is 31.4 Å². The van der Waals surface area contributed by atoms with Crippen molar-refractivity contribution in [2.45, 2.75) is 4.90 Å². The summed E-state index contributed by atoms with van der Waals surface area (Å²) in [6.45, 7) is 0. The second kappa shape index (κ2) is 7.12. The molecule has 0 fully saturated rings. The van der Waals surface area contributed by atoms with Gasteiger partial charge in [0.15, 0.2) is 5.69 Å². The van der Waals surface area contributed by atoms with Crippen LogP contribution in [0, 0.1) is 0 Å². The summed E-state index contributed by atoms with van der Waals surface area (Å²) in [5.41, 5.74) is 0.429. The molecule has 140 valence electrons. The van der Waals surface area contributed by atoms with Crippen LogP contribution in [0.3, 0.4) is 0 Å². The van der Waals surface area contributed by atoms with Crippen molar-refractivity contribution in [1.82, 2.24) is 4.98 Å². The Balaban J connectivity index is 2.15. The summed E-state index contributed by atoms with van der Waals surface area (Å²) in [5.74, 6) is -1.52. The number of esters is 2. The number of sulfonamides is 1. The van der Waals surface area contributed by atoms with Crippen molar-refractivity contribution in [1.29, 1.82) is 0 Å². The number of nitrogens with one attached hydrogen (secondary N) is 2. The van der Waals surface area contributed by atoms with Crippen LogP contribution in [0.5, 0.6) is 0 Å². The molecule has 0 saturated heterocycles. The Bertz CT molecular complexity index is 1130. The number of hydrogen-bond acceptors (Lipinski definition) is 6. The number of H-pyrrole nitrogens is 1. The molecule has 0 bridgehead atoms. The van der Waals surface area contributed by atoms with Gasteiger partial charge in [-0.15, -0.1) is 0 Å². The Morgan fingerprint density at radius 3 is 2.26 bits per heavy atom. The minimum absolute atomic E-state index is 0.0390. The lowest BCUT2D eigenvalue weighted by Gasteiger charge is -2.12. The number of fused-ring (bicyclic) bond motifs is 1. The van der Waals surface area contributed by atoms with Crippen molar-refractivity contribution in [2.75, 3.05) is 18.9 Å². The lowest BCUT2D eigenvalue weighted by atomic mass is 10.2. The maximum Gasteiger partial charge on any atom is 0.356 e. The Hall–Kier alpha value is -3.33. The van der Waals surface area contributed by atoms with Crippen LogP contribution in [0.2, 0.25) is 0 Å². The van der Waals surface area contributed by atoms with Crippen LogP contribution in [0.25, 0.3) is 10.9 Å². The number of hydrogen-bond donors (Lipinski definition) is 2. The summed E-state index contributed by atoms with van der Waals surface area (Å²) in [5, 5.41) is 0.483. The van der Waals surface area contributed by atoms with E-state index in [1.54, 1.807) is 24.3 Å². The Labute approximate surface area is 155 Å². The number of aromatic nitrogens is 1. The second-order valence-corrected chi connectivity index (χ2v) is 7.16. The molecule has 9 heteroatoms. The van der Waals surface area contributed by atoms with Gasteiger partial charge < -0.3 is 14.5 Å². The van der Waals surface area contributed by atoms with Gasteiger partial charge in [-0.05, 0) is 18.2 Å². The molecule has 3 rings (SSSR count). The minimum atomic E-state index is -4.20. The smallest absolute Gasteiger partial charge is 0.356 e. The van der Waals surface area contributed by atoms with Crippen LogP contribution in [0.15, 0.2) is 53.4 Å². The van der Waals surface area contributed by atoms with Crippen molar-refractivity contribution in [3.8, 4) is 0 Å². The quantitative estimate of drug-likeness (QED) is 0.649. The van der Waals surface area contributed by atoms with Crippen molar-refractivity contribution >= 4 is 38.6 Å². The highest BCUT2D eigenvalue weighted by Gasteiger charge is 2.27. The van der Waals surface area contributed by atoms with E-state index in [4.69, 9.17) is 4.74 Å². The van der Waals surface area contributed by atoms with E-state index in [1.807, 2.05) is 0 Å². The van der Waals surface area contributed by atoms with Gasteiger partial charge in [0.1, 0.15) is 4.90 Å². The molecule has 0 amide bonds. The van der Waals surface area contributed by atoms with E-state index in [2.05, 4.69) is 14.4 Å². The molecule has 0 spiro atoms. The lowest BCUT2D eigenvalue weighted by Crippen LogP contribution is -2.19. The lowest BCUT2D eigenvalue weighted by molar-refractivity contribution is 0.0587. The normalized spacial score (nSPS) is 11.2. The SMILES string of the molecule is COC(=O)c1ccccc1S(=O)(=O)Nc1c(C(=O)OC)[nH]c2ccccc12. The molecule has 0 aliphatic carbocycles. The third kappa shape index (κ3) is 3.36. The highest BCUT2D eigenvalue weighted by Crippen LogP contribution is 2.31. The van der Waals surface area contributed by atoms with E-state index in [-0.39, 0.29) is 21.8 Å². The average Bonchev–Trinajstić information content (AvgIpc) is 3.04. The first-order valence-electron chi connectivity index (χ1n) is 7.78. The fourth-order valence-electron chi connectivity index (χ4n) is 2.67. The van der Waals surface area contributed by atoms with Gasteiger partial charge in [0.05, 0.1) is 25.5 Å². The van der Waals surface area contributed by atoms with Gasteiger partial charge in [0, 0.05) is 10.9 Å². The Kier molecular flexibility index (Phi) is 4.87. The molecule has 2 aromatic carbocycles. The van der Waals surface area contributed by atoms with Gasteiger partial charge >= 0.3 is 11.9 Å². The number of aromatic amines is 1. The molecule has 27 heavy (non-hydrogen) atoms. The zero-order chi connectivity index (χ0) is 19.6. The van der Waals surface area contributed by atoms with Crippen LogP contribution in [-0.2, 0) is 19.5 Å². The molecule has 0 aliphatic rings. The Morgan fingerprint density at radius 2 is 1.56 bits per heavy atom. The van der Waals surface area contributed by atoms with Crippen LogP contribution in [0.4, 0.5) is 5.69 Å². The second-order valence-electron chi connectivity index (χ2n) is 5.51. The molecule has 0 aliphatic heterocycles. The number of benzene rings is 2. The molecule has 2 N–H and O–H groups in total. The van der Waals surface area contributed by atoms with E-state index in [0.717, 1.165) is 7.11 Å². The number of ether oxygens (including phenoxy) is 2. The monoisotopic (exact) mass is 388 g/mol. The number of rotatable bonds is 5. The van der Waals surface area contributed by atoms with Crippen molar-refractivity contribution in [2.24, 2.45) is 0 Å². The summed E-state index contributed by atoms with van der Waals surface area (Å²) in [7, 11) is -1.85. The maximum atomic E-state index is 13.0. The summed E-state index contributed by atoms with van der Waals surface area (Å²) < 4.78 is 37.7. The van der Waals surface area contributed by atoms with Gasteiger partial charge in [-0.2, -0.15) is 0 Å². The van der Waals surface area contributed by atoms with Gasteiger partial charge in [-0.25, -0.2) is 18.0 Å². The molecular weight excluding hydrogens is 372 g/mol. The van der Waals surface area contributed by atoms with E-state index in [9.17, 15) is 18.0 Å². The van der Waals surface area contributed by atoms with Crippen molar-refractivity contribution in [3.63, 3.8) is 0 Å². The minimum Gasteiger partial charge on any atom is -0.465 e. The summed E-state index contributed by atoms with van der Waals surface area (Å²) in [6, 6.07) is 12.4.